The molecule has 0 atom stereocenters. The third-order valence-electron chi connectivity index (χ3n) is 2.86. The molecule has 0 heterocycles. The standard InChI is InChI=1S/C14H13ClFNO3S/c15-13-7-12(16)5-6-14(13)21(19,20)17-8-10-1-3-11(9-18)4-2-10/h1-7,17-18H,8-9H2. The van der Waals surface area contributed by atoms with Crippen molar-refractivity contribution in [2.75, 3.05) is 0 Å². The maximum atomic E-state index is 12.9. The Bertz CT molecular complexity index is 732. The van der Waals surface area contributed by atoms with Gasteiger partial charge in [0, 0.05) is 6.54 Å². The Morgan fingerprint density at radius 1 is 1.10 bits per heavy atom. The molecular weight excluding hydrogens is 317 g/mol. The minimum Gasteiger partial charge on any atom is -0.392 e. The summed E-state index contributed by atoms with van der Waals surface area (Å²) < 4.78 is 39.5. The average Bonchev–Trinajstić information content (AvgIpc) is 2.45. The lowest BCUT2D eigenvalue weighted by Gasteiger charge is -2.09. The van der Waals surface area contributed by atoms with E-state index in [4.69, 9.17) is 16.7 Å². The number of aliphatic hydroxyl groups is 1. The molecule has 2 N–H and O–H groups in total. The number of benzene rings is 2. The molecule has 0 unspecified atom stereocenters. The van der Waals surface area contributed by atoms with Crippen LogP contribution in [0.25, 0.3) is 0 Å². The molecule has 2 aromatic carbocycles. The number of hydrogen-bond donors (Lipinski definition) is 2. The highest BCUT2D eigenvalue weighted by molar-refractivity contribution is 7.89. The van der Waals surface area contributed by atoms with Crippen molar-refractivity contribution in [3.63, 3.8) is 0 Å². The zero-order valence-corrected chi connectivity index (χ0v) is 12.5. The van der Waals surface area contributed by atoms with Gasteiger partial charge in [-0.2, -0.15) is 0 Å². The molecular formula is C14H13ClFNO3S. The lowest BCUT2D eigenvalue weighted by atomic mass is 10.1. The maximum Gasteiger partial charge on any atom is 0.242 e. The smallest absolute Gasteiger partial charge is 0.242 e. The number of hydrogen-bond acceptors (Lipinski definition) is 3. The zero-order valence-electron chi connectivity index (χ0n) is 10.9. The van der Waals surface area contributed by atoms with Crippen molar-refractivity contribution in [2.45, 2.75) is 18.0 Å². The Balaban J connectivity index is 2.13. The molecule has 0 saturated carbocycles. The molecule has 0 spiro atoms. The van der Waals surface area contributed by atoms with Crippen LogP contribution >= 0.6 is 11.6 Å². The molecule has 2 aromatic rings. The summed E-state index contributed by atoms with van der Waals surface area (Å²) in [5.41, 5.74) is 1.47. The molecule has 0 radical (unpaired) electrons. The largest absolute Gasteiger partial charge is 0.392 e. The van der Waals surface area contributed by atoms with Crippen LogP contribution in [0.15, 0.2) is 47.4 Å². The summed E-state index contributed by atoms with van der Waals surface area (Å²) in [6.07, 6.45) is 0. The van der Waals surface area contributed by atoms with Gasteiger partial charge in [-0.15, -0.1) is 0 Å². The van der Waals surface area contributed by atoms with Crippen molar-refractivity contribution in [3.05, 3.63) is 64.4 Å². The van der Waals surface area contributed by atoms with Crippen LogP contribution in [0, 0.1) is 5.82 Å². The fourth-order valence-corrected chi connectivity index (χ4v) is 3.26. The summed E-state index contributed by atoms with van der Waals surface area (Å²) in [6, 6.07) is 9.93. The van der Waals surface area contributed by atoms with E-state index in [-0.39, 0.29) is 23.1 Å². The van der Waals surface area contributed by atoms with Gasteiger partial charge in [0.1, 0.15) is 10.7 Å². The van der Waals surface area contributed by atoms with Crippen molar-refractivity contribution in [2.24, 2.45) is 0 Å². The highest BCUT2D eigenvalue weighted by atomic mass is 35.5. The Hall–Kier alpha value is -1.47. The van der Waals surface area contributed by atoms with Crippen LogP contribution in [0.3, 0.4) is 0 Å². The minimum absolute atomic E-state index is 0.0712. The van der Waals surface area contributed by atoms with Gasteiger partial charge in [0.2, 0.25) is 10.0 Å². The third kappa shape index (κ3) is 4.01. The zero-order chi connectivity index (χ0) is 15.5. The molecule has 0 aliphatic carbocycles. The van der Waals surface area contributed by atoms with Gasteiger partial charge < -0.3 is 5.11 Å². The van der Waals surface area contributed by atoms with E-state index < -0.39 is 15.8 Å². The summed E-state index contributed by atoms with van der Waals surface area (Å²) in [5.74, 6) is -0.599. The van der Waals surface area contributed by atoms with E-state index in [1.165, 1.54) is 0 Å². The van der Waals surface area contributed by atoms with Crippen LogP contribution in [0.5, 0.6) is 0 Å². The summed E-state index contributed by atoms with van der Waals surface area (Å²) in [4.78, 5) is -0.169. The summed E-state index contributed by atoms with van der Waals surface area (Å²) in [5, 5.41) is 8.76. The number of sulfonamides is 1. The van der Waals surface area contributed by atoms with Gasteiger partial charge in [-0.1, -0.05) is 35.9 Å². The van der Waals surface area contributed by atoms with Crippen molar-refractivity contribution in [1.29, 1.82) is 0 Å². The van der Waals surface area contributed by atoms with E-state index in [2.05, 4.69) is 4.72 Å². The first-order valence-corrected chi connectivity index (χ1v) is 7.92. The molecule has 112 valence electrons. The SMILES string of the molecule is O=S(=O)(NCc1ccc(CO)cc1)c1ccc(F)cc1Cl. The van der Waals surface area contributed by atoms with Crippen LogP contribution in [-0.4, -0.2) is 13.5 Å². The van der Waals surface area contributed by atoms with Gasteiger partial charge in [-0.05, 0) is 29.3 Å². The van der Waals surface area contributed by atoms with Gasteiger partial charge in [0.25, 0.3) is 0 Å². The van der Waals surface area contributed by atoms with E-state index in [9.17, 15) is 12.8 Å². The fourth-order valence-electron chi connectivity index (χ4n) is 1.71. The van der Waals surface area contributed by atoms with Gasteiger partial charge in [-0.3, -0.25) is 0 Å². The number of rotatable bonds is 5. The Morgan fingerprint density at radius 2 is 1.71 bits per heavy atom. The number of halogens is 2. The predicted octanol–water partition coefficient (Wildman–Crippen LogP) is 2.45. The highest BCUT2D eigenvalue weighted by Crippen LogP contribution is 2.22. The van der Waals surface area contributed by atoms with Gasteiger partial charge in [-0.25, -0.2) is 17.5 Å². The van der Waals surface area contributed by atoms with Gasteiger partial charge in [0.15, 0.2) is 0 Å². The molecule has 4 nitrogen and oxygen atoms in total. The molecule has 0 bridgehead atoms. The van der Waals surface area contributed by atoms with E-state index in [0.717, 1.165) is 29.3 Å². The lowest BCUT2D eigenvalue weighted by Crippen LogP contribution is -2.23. The fraction of sp³-hybridized carbons (Fsp3) is 0.143. The van der Waals surface area contributed by atoms with Gasteiger partial charge >= 0.3 is 0 Å². The topological polar surface area (TPSA) is 66.4 Å². The summed E-state index contributed by atoms with van der Waals surface area (Å²) in [7, 11) is -3.82. The van der Waals surface area contributed by atoms with Gasteiger partial charge in [0.05, 0.1) is 11.6 Å². The van der Waals surface area contributed by atoms with E-state index >= 15 is 0 Å². The molecule has 0 aromatic heterocycles. The van der Waals surface area contributed by atoms with Crippen LogP contribution in [0.1, 0.15) is 11.1 Å². The first kappa shape index (κ1) is 15.9. The maximum absolute atomic E-state index is 12.9. The molecule has 7 heteroatoms. The van der Waals surface area contributed by atoms with Crippen molar-refractivity contribution >= 4 is 21.6 Å². The molecule has 0 aliphatic rings. The average molecular weight is 330 g/mol. The molecule has 21 heavy (non-hydrogen) atoms. The molecule has 0 fully saturated rings. The molecule has 2 rings (SSSR count). The number of aliphatic hydroxyl groups excluding tert-OH is 1. The third-order valence-corrected chi connectivity index (χ3v) is 4.74. The predicted molar refractivity (Wildman–Crippen MR) is 77.8 cm³/mol. The Kier molecular flexibility index (Phi) is 4.95. The first-order valence-electron chi connectivity index (χ1n) is 6.06. The summed E-state index contributed by atoms with van der Waals surface area (Å²) >= 11 is 5.75. The van der Waals surface area contributed by atoms with Crippen molar-refractivity contribution < 1.29 is 17.9 Å². The lowest BCUT2D eigenvalue weighted by molar-refractivity contribution is 0.282. The molecule has 0 saturated heterocycles. The van der Waals surface area contributed by atoms with Crippen LogP contribution in [0.2, 0.25) is 5.02 Å². The molecule has 0 aliphatic heterocycles. The van der Waals surface area contributed by atoms with E-state index in [0.29, 0.717) is 0 Å². The van der Waals surface area contributed by atoms with Crippen molar-refractivity contribution in [1.82, 2.24) is 4.72 Å². The van der Waals surface area contributed by atoms with Crippen molar-refractivity contribution in [3.8, 4) is 0 Å². The first-order chi connectivity index (χ1) is 9.92. The van der Waals surface area contributed by atoms with Crippen LogP contribution in [-0.2, 0) is 23.2 Å². The Morgan fingerprint density at radius 3 is 2.29 bits per heavy atom. The van der Waals surface area contributed by atoms with E-state index in [1.54, 1.807) is 24.3 Å². The quantitative estimate of drug-likeness (QED) is 0.885. The van der Waals surface area contributed by atoms with E-state index in [1.807, 2.05) is 0 Å². The Labute approximate surface area is 127 Å². The normalized spacial score (nSPS) is 11.6. The second-order valence-electron chi connectivity index (χ2n) is 4.37. The number of nitrogens with one attached hydrogen (secondary N) is 1. The van der Waals surface area contributed by atoms with Crippen LogP contribution in [0.4, 0.5) is 4.39 Å². The molecule has 0 amide bonds. The minimum atomic E-state index is -3.82. The second kappa shape index (κ2) is 6.53. The van der Waals surface area contributed by atoms with Crippen LogP contribution < -0.4 is 4.72 Å². The highest BCUT2D eigenvalue weighted by Gasteiger charge is 2.17. The summed E-state index contributed by atoms with van der Waals surface area (Å²) in [6.45, 7) is -0.00105. The monoisotopic (exact) mass is 329 g/mol. The second-order valence-corrected chi connectivity index (χ2v) is 6.52.